The van der Waals surface area contributed by atoms with Crippen molar-refractivity contribution in [1.29, 1.82) is 0 Å². The van der Waals surface area contributed by atoms with Gasteiger partial charge < -0.3 is 16.0 Å². The third-order valence-corrected chi connectivity index (χ3v) is 3.77. The third-order valence-electron chi connectivity index (χ3n) is 3.77. The molecule has 0 saturated carbocycles. The molecular weight excluding hydrogens is 238 g/mol. The van der Waals surface area contributed by atoms with Crippen LogP contribution in [-0.2, 0) is 11.2 Å². The fraction of sp³-hybridized carbons (Fsp3) is 0.533. The summed E-state index contributed by atoms with van der Waals surface area (Å²) < 4.78 is 0. The molecule has 4 heteroatoms. The molecule has 4 nitrogen and oxygen atoms in total. The number of piperazine rings is 1. The molecule has 0 aliphatic carbocycles. The summed E-state index contributed by atoms with van der Waals surface area (Å²) in [7, 11) is 0. The summed E-state index contributed by atoms with van der Waals surface area (Å²) in [6.45, 7) is 5.49. The van der Waals surface area contributed by atoms with Gasteiger partial charge in [-0.05, 0) is 44.0 Å². The summed E-state index contributed by atoms with van der Waals surface area (Å²) in [5.74, 6) is 0.0862. The molecule has 1 fully saturated rings. The minimum atomic E-state index is -0.152. The highest BCUT2D eigenvalue weighted by Crippen LogP contribution is 2.24. The van der Waals surface area contributed by atoms with Crippen molar-refractivity contribution in [2.75, 3.05) is 18.0 Å². The van der Waals surface area contributed by atoms with Crippen LogP contribution >= 0.6 is 0 Å². The molecule has 1 aliphatic heterocycles. The number of nitrogens with zero attached hydrogens (tertiary/aromatic N) is 1. The Balaban J connectivity index is 2.27. The van der Waals surface area contributed by atoms with Gasteiger partial charge in [0.15, 0.2) is 0 Å². The molecule has 2 unspecified atom stereocenters. The molecule has 3 N–H and O–H groups in total. The van der Waals surface area contributed by atoms with Gasteiger partial charge in [0.25, 0.3) is 0 Å². The van der Waals surface area contributed by atoms with Gasteiger partial charge >= 0.3 is 0 Å². The molecule has 0 spiro atoms. The minimum absolute atomic E-state index is 0.0862. The topological polar surface area (TPSA) is 58.4 Å². The van der Waals surface area contributed by atoms with E-state index in [0.29, 0.717) is 25.6 Å². The predicted molar refractivity (Wildman–Crippen MR) is 78.2 cm³/mol. The van der Waals surface area contributed by atoms with Crippen molar-refractivity contribution in [1.82, 2.24) is 5.32 Å². The van der Waals surface area contributed by atoms with Gasteiger partial charge in [-0.25, -0.2) is 0 Å². The molecule has 1 heterocycles. The largest absolute Gasteiger partial charge is 0.355 e. The second-order valence-corrected chi connectivity index (χ2v) is 5.11. The van der Waals surface area contributed by atoms with Crippen molar-refractivity contribution in [3.63, 3.8) is 0 Å². The quantitative estimate of drug-likeness (QED) is 0.858. The number of hydrogen-bond acceptors (Lipinski definition) is 3. The van der Waals surface area contributed by atoms with E-state index in [1.165, 1.54) is 5.56 Å². The number of aryl methyl sites for hydroxylation is 1. The number of rotatable bonds is 4. The van der Waals surface area contributed by atoms with E-state index in [2.05, 4.69) is 48.3 Å². The summed E-state index contributed by atoms with van der Waals surface area (Å²) in [6.07, 6.45) is 1.72. The zero-order valence-electron chi connectivity index (χ0n) is 11.7. The summed E-state index contributed by atoms with van der Waals surface area (Å²) in [6, 6.07) is 8.62. The molecular formula is C15H23N3O. The smallest absolute Gasteiger partial charge is 0.242 e. The van der Waals surface area contributed by atoms with E-state index in [4.69, 9.17) is 5.73 Å². The van der Waals surface area contributed by atoms with E-state index >= 15 is 0 Å². The monoisotopic (exact) mass is 261 g/mol. The lowest BCUT2D eigenvalue weighted by molar-refractivity contribution is -0.123. The highest BCUT2D eigenvalue weighted by atomic mass is 16.2. The van der Waals surface area contributed by atoms with Crippen LogP contribution in [0.2, 0.25) is 0 Å². The van der Waals surface area contributed by atoms with Gasteiger partial charge in [-0.2, -0.15) is 0 Å². The van der Waals surface area contributed by atoms with Crippen molar-refractivity contribution in [3.8, 4) is 0 Å². The lowest BCUT2D eigenvalue weighted by atomic mass is 10.0. The Bertz CT molecular complexity index is 430. The Morgan fingerprint density at radius 2 is 2.05 bits per heavy atom. The van der Waals surface area contributed by atoms with Crippen LogP contribution in [-0.4, -0.2) is 31.1 Å². The summed E-state index contributed by atoms with van der Waals surface area (Å²) in [5.41, 5.74) is 8.07. The first-order chi connectivity index (χ1) is 9.17. The Labute approximate surface area is 115 Å². The predicted octanol–water partition coefficient (Wildman–Crippen LogP) is 1.29. The van der Waals surface area contributed by atoms with Crippen molar-refractivity contribution in [2.24, 2.45) is 5.73 Å². The first-order valence-corrected chi connectivity index (χ1v) is 7.02. The molecule has 1 saturated heterocycles. The number of amides is 1. The van der Waals surface area contributed by atoms with Crippen molar-refractivity contribution in [3.05, 3.63) is 29.8 Å². The van der Waals surface area contributed by atoms with E-state index < -0.39 is 0 Å². The van der Waals surface area contributed by atoms with E-state index in [-0.39, 0.29) is 11.9 Å². The van der Waals surface area contributed by atoms with Crippen LogP contribution in [0.3, 0.4) is 0 Å². The zero-order chi connectivity index (χ0) is 13.8. The van der Waals surface area contributed by atoms with Gasteiger partial charge in [0.05, 0.1) is 0 Å². The molecule has 0 radical (unpaired) electrons. The number of carbonyl (C=O) groups excluding carboxylic acids is 1. The number of carbonyl (C=O) groups is 1. The van der Waals surface area contributed by atoms with Crippen LogP contribution in [0.5, 0.6) is 0 Å². The standard InChI is InChI=1S/C15H23N3O/c1-3-12-4-6-13(7-5-12)18-11(2)10-17-15(19)14(18)8-9-16/h4-7,11,14H,3,8-10,16H2,1-2H3,(H,17,19). The maximum absolute atomic E-state index is 12.0. The number of hydrogen-bond donors (Lipinski definition) is 2. The van der Waals surface area contributed by atoms with E-state index in [9.17, 15) is 4.79 Å². The highest BCUT2D eigenvalue weighted by Gasteiger charge is 2.33. The van der Waals surface area contributed by atoms with Gasteiger partial charge in [0, 0.05) is 18.3 Å². The van der Waals surface area contributed by atoms with Gasteiger partial charge in [-0.15, -0.1) is 0 Å². The SMILES string of the molecule is CCc1ccc(N2C(C)CNC(=O)C2CCN)cc1. The van der Waals surface area contributed by atoms with Crippen molar-refractivity contribution in [2.45, 2.75) is 38.8 Å². The third kappa shape index (κ3) is 2.89. The van der Waals surface area contributed by atoms with Crippen LogP contribution in [0.4, 0.5) is 5.69 Å². The molecule has 1 aromatic rings. The second kappa shape index (κ2) is 6.06. The van der Waals surface area contributed by atoms with Gasteiger partial charge in [0.1, 0.15) is 6.04 Å². The van der Waals surface area contributed by atoms with Crippen molar-refractivity contribution < 1.29 is 4.79 Å². The fourth-order valence-electron chi connectivity index (χ4n) is 2.66. The van der Waals surface area contributed by atoms with Crippen LogP contribution in [0, 0.1) is 0 Å². The number of nitrogens with two attached hydrogens (primary N) is 1. The average Bonchev–Trinajstić information content (AvgIpc) is 2.44. The number of anilines is 1. The summed E-state index contributed by atoms with van der Waals surface area (Å²) >= 11 is 0. The fourth-order valence-corrected chi connectivity index (χ4v) is 2.66. The van der Waals surface area contributed by atoms with Gasteiger partial charge in [0.2, 0.25) is 5.91 Å². The van der Waals surface area contributed by atoms with Crippen LogP contribution in [0.15, 0.2) is 24.3 Å². The first-order valence-electron chi connectivity index (χ1n) is 7.02. The van der Waals surface area contributed by atoms with E-state index in [1.54, 1.807) is 0 Å². The van der Waals surface area contributed by atoms with Crippen LogP contribution < -0.4 is 16.0 Å². The van der Waals surface area contributed by atoms with Gasteiger partial charge in [-0.1, -0.05) is 19.1 Å². The van der Waals surface area contributed by atoms with Crippen LogP contribution in [0.1, 0.15) is 25.8 Å². The first kappa shape index (κ1) is 13.9. The van der Waals surface area contributed by atoms with Crippen molar-refractivity contribution >= 4 is 11.6 Å². The maximum atomic E-state index is 12.0. The molecule has 19 heavy (non-hydrogen) atoms. The normalized spacial score (nSPS) is 23.3. The molecule has 2 atom stereocenters. The molecule has 2 rings (SSSR count). The van der Waals surface area contributed by atoms with Crippen LogP contribution in [0.25, 0.3) is 0 Å². The molecule has 104 valence electrons. The Morgan fingerprint density at radius 1 is 1.37 bits per heavy atom. The Morgan fingerprint density at radius 3 is 2.63 bits per heavy atom. The summed E-state index contributed by atoms with van der Waals surface area (Å²) in [5, 5.41) is 2.95. The number of nitrogens with one attached hydrogen (secondary N) is 1. The second-order valence-electron chi connectivity index (χ2n) is 5.11. The Kier molecular flexibility index (Phi) is 4.43. The highest BCUT2D eigenvalue weighted by molar-refractivity contribution is 5.86. The van der Waals surface area contributed by atoms with E-state index in [1.807, 2.05) is 0 Å². The zero-order valence-corrected chi connectivity index (χ0v) is 11.7. The summed E-state index contributed by atoms with van der Waals surface area (Å²) in [4.78, 5) is 14.2. The molecule has 1 amide bonds. The maximum Gasteiger partial charge on any atom is 0.242 e. The molecule has 1 aliphatic rings. The lowest BCUT2D eigenvalue weighted by Gasteiger charge is -2.41. The molecule has 0 aromatic heterocycles. The van der Waals surface area contributed by atoms with E-state index in [0.717, 1.165) is 12.1 Å². The number of benzene rings is 1. The average molecular weight is 261 g/mol. The Hall–Kier alpha value is -1.55. The molecule has 1 aromatic carbocycles. The lowest BCUT2D eigenvalue weighted by Crippen LogP contribution is -2.60. The minimum Gasteiger partial charge on any atom is -0.355 e. The van der Waals surface area contributed by atoms with Gasteiger partial charge in [-0.3, -0.25) is 4.79 Å². The molecule has 0 bridgehead atoms.